The second kappa shape index (κ2) is 5.14. The highest BCUT2D eigenvalue weighted by molar-refractivity contribution is 5.79. The van der Waals surface area contributed by atoms with Gasteiger partial charge < -0.3 is 4.90 Å². The molecule has 0 spiro atoms. The lowest BCUT2D eigenvalue weighted by Gasteiger charge is -2.20. The average molecular weight is 236 g/mol. The van der Waals surface area contributed by atoms with Gasteiger partial charge in [0.15, 0.2) is 0 Å². The molecule has 1 aromatic carbocycles. The van der Waals surface area contributed by atoms with Crippen molar-refractivity contribution in [1.82, 2.24) is 10.3 Å². The molecule has 0 heterocycles. The zero-order chi connectivity index (χ0) is 12.3. The molecule has 1 saturated carbocycles. The van der Waals surface area contributed by atoms with Crippen LogP contribution in [0.25, 0.3) is 0 Å². The Morgan fingerprint density at radius 2 is 2.24 bits per heavy atom. The fourth-order valence-electron chi connectivity index (χ4n) is 1.58. The van der Waals surface area contributed by atoms with Crippen LogP contribution in [0.4, 0.5) is 4.39 Å². The maximum Gasteiger partial charge on any atom is 0.208 e. The molecule has 17 heavy (non-hydrogen) atoms. The van der Waals surface area contributed by atoms with Gasteiger partial charge in [0.2, 0.25) is 5.96 Å². The molecule has 1 aromatic rings. The topological polar surface area (TPSA) is 53.6 Å². The van der Waals surface area contributed by atoms with Crippen LogP contribution in [-0.4, -0.2) is 23.9 Å². The number of benzene rings is 1. The van der Waals surface area contributed by atoms with Gasteiger partial charge in [-0.3, -0.25) is 5.43 Å². The van der Waals surface area contributed by atoms with E-state index >= 15 is 0 Å². The van der Waals surface area contributed by atoms with Crippen LogP contribution in [0.3, 0.4) is 0 Å². The third kappa shape index (κ3) is 3.17. The lowest BCUT2D eigenvalue weighted by Crippen LogP contribution is -2.42. The van der Waals surface area contributed by atoms with Crippen molar-refractivity contribution >= 4 is 5.96 Å². The number of aliphatic imine (C=N–C) groups is 1. The van der Waals surface area contributed by atoms with Gasteiger partial charge in [0.25, 0.3) is 0 Å². The summed E-state index contributed by atoms with van der Waals surface area (Å²) in [7, 11) is 1.84. The maximum absolute atomic E-state index is 13.5. The molecule has 3 N–H and O–H groups in total. The lowest BCUT2D eigenvalue weighted by atomic mass is 10.2. The van der Waals surface area contributed by atoms with Crippen LogP contribution < -0.4 is 11.3 Å². The molecular weight excluding hydrogens is 219 g/mol. The minimum absolute atomic E-state index is 0.206. The van der Waals surface area contributed by atoms with Gasteiger partial charge >= 0.3 is 0 Å². The lowest BCUT2D eigenvalue weighted by molar-refractivity contribution is 0.460. The van der Waals surface area contributed by atoms with Crippen molar-refractivity contribution in [1.29, 1.82) is 0 Å². The molecule has 0 unspecified atom stereocenters. The minimum atomic E-state index is -0.206. The first-order valence-electron chi connectivity index (χ1n) is 5.69. The number of guanidine groups is 1. The molecule has 0 bridgehead atoms. The molecule has 92 valence electrons. The highest BCUT2D eigenvalue weighted by atomic mass is 19.1. The van der Waals surface area contributed by atoms with E-state index in [1.54, 1.807) is 12.1 Å². The van der Waals surface area contributed by atoms with E-state index in [0.717, 1.165) is 12.8 Å². The second-order valence-corrected chi connectivity index (χ2v) is 4.28. The number of hydrogen-bond donors (Lipinski definition) is 2. The Hall–Kier alpha value is -1.62. The summed E-state index contributed by atoms with van der Waals surface area (Å²) < 4.78 is 13.5. The Kier molecular flexibility index (Phi) is 3.58. The van der Waals surface area contributed by atoms with Gasteiger partial charge in [0, 0.05) is 19.2 Å². The van der Waals surface area contributed by atoms with Crippen molar-refractivity contribution < 1.29 is 4.39 Å². The number of nitrogens with zero attached hydrogens (tertiary/aromatic N) is 2. The van der Waals surface area contributed by atoms with Crippen LogP contribution in [0.1, 0.15) is 18.4 Å². The molecule has 1 aliphatic rings. The molecular formula is C12H17FN4. The summed E-state index contributed by atoms with van der Waals surface area (Å²) in [4.78, 5) is 6.23. The van der Waals surface area contributed by atoms with E-state index in [2.05, 4.69) is 10.4 Å². The molecule has 0 aliphatic heterocycles. The molecule has 0 atom stereocenters. The van der Waals surface area contributed by atoms with Crippen LogP contribution in [0.15, 0.2) is 29.3 Å². The number of rotatable bonds is 3. The smallest absolute Gasteiger partial charge is 0.208 e. The Morgan fingerprint density at radius 1 is 1.53 bits per heavy atom. The highest BCUT2D eigenvalue weighted by Gasteiger charge is 2.22. The summed E-state index contributed by atoms with van der Waals surface area (Å²) >= 11 is 0. The number of nitrogens with one attached hydrogen (secondary N) is 1. The van der Waals surface area contributed by atoms with Gasteiger partial charge in [0.1, 0.15) is 5.82 Å². The molecule has 5 heteroatoms. The Balaban J connectivity index is 2.04. The molecule has 1 fully saturated rings. The van der Waals surface area contributed by atoms with Gasteiger partial charge in [-0.25, -0.2) is 15.2 Å². The molecule has 0 saturated heterocycles. The van der Waals surface area contributed by atoms with Crippen molar-refractivity contribution in [3.8, 4) is 0 Å². The molecule has 0 radical (unpaired) electrons. The maximum atomic E-state index is 13.5. The molecule has 2 rings (SSSR count). The first-order valence-corrected chi connectivity index (χ1v) is 5.69. The van der Waals surface area contributed by atoms with Crippen molar-refractivity contribution in [3.63, 3.8) is 0 Å². The second-order valence-electron chi connectivity index (χ2n) is 4.28. The summed E-state index contributed by atoms with van der Waals surface area (Å²) in [5.74, 6) is 5.83. The zero-order valence-corrected chi connectivity index (χ0v) is 9.86. The van der Waals surface area contributed by atoms with E-state index in [-0.39, 0.29) is 5.82 Å². The van der Waals surface area contributed by atoms with E-state index in [0.29, 0.717) is 24.1 Å². The van der Waals surface area contributed by atoms with E-state index in [4.69, 9.17) is 5.84 Å². The summed E-state index contributed by atoms with van der Waals surface area (Å²) in [6, 6.07) is 7.09. The molecule has 1 aliphatic carbocycles. The van der Waals surface area contributed by atoms with Crippen LogP contribution in [0.2, 0.25) is 0 Å². The van der Waals surface area contributed by atoms with Crippen molar-refractivity contribution in [2.75, 3.05) is 7.05 Å². The van der Waals surface area contributed by atoms with Gasteiger partial charge in [-0.15, -0.1) is 0 Å². The van der Waals surface area contributed by atoms with Crippen molar-refractivity contribution in [3.05, 3.63) is 35.6 Å². The standard InChI is InChI=1S/C12H17FN4/c1-17(12(16-14)15-10-6-7-10)8-9-4-2-3-5-11(9)13/h2-5,10H,6-8,14H2,1H3,(H,15,16). The van der Waals surface area contributed by atoms with E-state index in [1.165, 1.54) is 6.07 Å². The predicted octanol–water partition coefficient (Wildman–Crippen LogP) is 1.24. The van der Waals surface area contributed by atoms with Gasteiger partial charge in [-0.05, 0) is 18.9 Å². The summed E-state index contributed by atoms with van der Waals surface area (Å²) in [5.41, 5.74) is 3.20. The Morgan fingerprint density at radius 3 is 2.82 bits per heavy atom. The first-order chi connectivity index (χ1) is 8.20. The van der Waals surface area contributed by atoms with E-state index in [9.17, 15) is 4.39 Å². The van der Waals surface area contributed by atoms with Crippen LogP contribution in [0.5, 0.6) is 0 Å². The Bertz CT molecular complexity index is 415. The van der Waals surface area contributed by atoms with Crippen LogP contribution in [-0.2, 0) is 6.54 Å². The van der Waals surface area contributed by atoms with Gasteiger partial charge in [-0.2, -0.15) is 0 Å². The fourth-order valence-corrected chi connectivity index (χ4v) is 1.58. The van der Waals surface area contributed by atoms with E-state index < -0.39 is 0 Å². The van der Waals surface area contributed by atoms with Crippen LogP contribution >= 0.6 is 0 Å². The molecule has 4 nitrogen and oxygen atoms in total. The number of halogens is 1. The van der Waals surface area contributed by atoms with Gasteiger partial charge in [-0.1, -0.05) is 18.2 Å². The van der Waals surface area contributed by atoms with Crippen molar-refractivity contribution in [2.45, 2.75) is 25.4 Å². The van der Waals surface area contributed by atoms with E-state index in [1.807, 2.05) is 18.0 Å². The summed E-state index contributed by atoms with van der Waals surface area (Å²) in [5, 5.41) is 0. The largest absolute Gasteiger partial charge is 0.341 e. The zero-order valence-electron chi connectivity index (χ0n) is 9.86. The molecule has 0 amide bonds. The third-order valence-corrected chi connectivity index (χ3v) is 2.71. The predicted molar refractivity (Wildman–Crippen MR) is 65.6 cm³/mol. The SMILES string of the molecule is CN(Cc1ccccc1F)C(=NC1CC1)NN. The Labute approximate surface area is 100 Å². The van der Waals surface area contributed by atoms with Gasteiger partial charge in [0.05, 0.1) is 6.04 Å². The highest BCUT2D eigenvalue weighted by Crippen LogP contribution is 2.23. The quantitative estimate of drug-likeness (QED) is 0.359. The van der Waals surface area contributed by atoms with Crippen LogP contribution in [0, 0.1) is 5.82 Å². The number of hydrazine groups is 1. The van der Waals surface area contributed by atoms with Crippen molar-refractivity contribution in [2.24, 2.45) is 10.8 Å². The minimum Gasteiger partial charge on any atom is -0.341 e. The summed E-state index contributed by atoms with van der Waals surface area (Å²) in [6.07, 6.45) is 2.22. The first kappa shape index (κ1) is 11.9. The average Bonchev–Trinajstić information content (AvgIpc) is 3.12. The third-order valence-electron chi connectivity index (χ3n) is 2.71. The molecule has 0 aromatic heterocycles. The fraction of sp³-hybridized carbons (Fsp3) is 0.417. The monoisotopic (exact) mass is 236 g/mol. The number of nitrogens with two attached hydrogens (primary N) is 1. The number of hydrogen-bond acceptors (Lipinski definition) is 2. The summed E-state index contributed by atoms with van der Waals surface area (Å²) in [6.45, 7) is 0.447. The normalized spacial score (nSPS) is 15.8.